The van der Waals surface area contributed by atoms with E-state index in [1.807, 2.05) is 67.6 Å². The maximum atomic E-state index is 13.4. The van der Waals surface area contributed by atoms with Crippen LogP contribution in [0.2, 0.25) is 0 Å². The Morgan fingerprint density at radius 1 is 1.03 bits per heavy atom. The molecular weight excluding hydrogens is 368 g/mol. The van der Waals surface area contributed by atoms with Gasteiger partial charge in [0.15, 0.2) is 5.54 Å². The highest BCUT2D eigenvalue weighted by Crippen LogP contribution is 2.33. The summed E-state index contributed by atoms with van der Waals surface area (Å²) in [5, 5.41) is 2.89. The number of urea groups is 1. The fourth-order valence-corrected chi connectivity index (χ4v) is 3.48. The van der Waals surface area contributed by atoms with E-state index in [4.69, 9.17) is 4.74 Å². The molecule has 1 saturated heterocycles. The van der Waals surface area contributed by atoms with Crippen LogP contribution in [0.25, 0.3) is 0 Å². The van der Waals surface area contributed by atoms with Crippen molar-refractivity contribution < 1.29 is 19.1 Å². The lowest BCUT2D eigenvalue weighted by molar-refractivity contribution is -0.144. The number of unbranched alkanes of at least 4 members (excludes halogenated alkanes) is 1. The van der Waals surface area contributed by atoms with Crippen molar-refractivity contribution in [2.75, 3.05) is 13.2 Å². The Balaban J connectivity index is 1.80. The Labute approximate surface area is 170 Å². The monoisotopic (exact) mass is 394 g/mol. The number of hydrogen-bond donors (Lipinski definition) is 1. The molecule has 0 saturated carbocycles. The van der Waals surface area contributed by atoms with E-state index in [-0.39, 0.29) is 18.9 Å². The summed E-state index contributed by atoms with van der Waals surface area (Å²) in [5.74, 6) is -0.752. The van der Waals surface area contributed by atoms with Crippen LogP contribution in [0.15, 0.2) is 60.7 Å². The van der Waals surface area contributed by atoms with Gasteiger partial charge in [-0.3, -0.25) is 14.5 Å². The molecule has 0 spiro atoms. The Kier molecular flexibility index (Phi) is 6.65. The van der Waals surface area contributed by atoms with Gasteiger partial charge in [0.2, 0.25) is 0 Å². The zero-order valence-corrected chi connectivity index (χ0v) is 16.6. The van der Waals surface area contributed by atoms with E-state index in [0.717, 1.165) is 28.9 Å². The summed E-state index contributed by atoms with van der Waals surface area (Å²) in [4.78, 5) is 39.1. The molecule has 3 rings (SSSR count). The predicted octanol–water partition coefficient (Wildman–Crippen LogP) is 3.41. The molecule has 1 heterocycles. The summed E-state index contributed by atoms with van der Waals surface area (Å²) < 4.78 is 5.14. The van der Waals surface area contributed by atoms with E-state index in [9.17, 15) is 14.4 Å². The third-order valence-electron chi connectivity index (χ3n) is 5.05. The van der Waals surface area contributed by atoms with E-state index >= 15 is 0 Å². The van der Waals surface area contributed by atoms with E-state index in [0.29, 0.717) is 13.0 Å². The molecule has 1 aliphatic heterocycles. The van der Waals surface area contributed by atoms with Crippen molar-refractivity contribution >= 4 is 17.9 Å². The quantitative estimate of drug-likeness (QED) is 0.402. The molecule has 6 nitrogen and oxygen atoms in total. The first-order valence-electron chi connectivity index (χ1n) is 9.96. The standard InChI is InChI=1S/C23H26N2O4/c1-2-3-16-29-20(26)14-15-25-21(27)23(24-22(25)28,19-12-8-5-9-13-19)17-18-10-6-4-7-11-18/h4-13H,2-3,14-17H2,1H3,(H,24,28)/t23-/m0/s1. The number of rotatable bonds is 9. The number of nitrogens with one attached hydrogen (secondary N) is 1. The topological polar surface area (TPSA) is 75.7 Å². The first-order valence-corrected chi connectivity index (χ1v) is 9.96. The number of carbonyl (C=O) groups excluding carboxylic acids is 3. The zero-order chi connectivity index (χ0) is 20.7. The maximum absolute atomic E-state index is 13.4. The van der Waals surface area contributed by atoms with Gasteiger partial charge in [0.05, 0.1) is 13.0 Å². The number of nitrogens with zero attached hydrogens (tertiary/aromatic N) is 1. The number of carbonyl (C=O) groups is 3. The van der Waals surface area contributed by atoms with E-state index in [1.165, 1.54) is 0 Å². The summed E-state index contributed by atoms with van der Waals surface area (Å²) in [6.07, 6.45) is 2.04. The van der Waals surface area contributed by atoms with Crippen molar-refractivity contribution in [3.8, 4) is 0 Å². The zero-order valence-electron chi connectivity index (χ0n) is 16.6. The van der Waals surface area contributed by atoms with Crippen LogP contribution in [0.3, 0.4) is 0 Å². The molecule has 1 fully saturated rings. The number of amides is 3. The van der Waals surface area contributed by atoms with Gasteiger partial charge in [-0.1, -0.05) is 74.0 Å². The summed E-state index contributed by atoms with van der Waals surface area (Å²) in [5.41, 5.74) is 0.465. The molecule has 6 heteroatoms. The van der Waals surface area contributed by atoms with E-state index in [1.54, 1.807) is 0 Å². The lowest BCUT2D eigenvalue weighted by Crippen LogP contribution is -2.46. The maximum Gasteiger partial charge on any atom is 0.325 e. The van der Waals surface area contributed by atoms with E-state index < -0.39 is 17.5 Å². The minimum absolute atomic E-state index is 0.000994. The van der Waals surface area contributed by atoms with Gasteiger partial charge < -0.3 is 10.1 Å². The molecule has 2 aromatic carbocycles. The highest BCUT2D eigenvalue weighted by molar-refractivity contribution is 6.07. The highest BCUT2D eigenvalue weighted by Gasteiger charge is 2.52. The molecule has 0 radical (unpaired) electrons. The normalized spacial score (nSPS) is 18.6. The number of ether oxygens (including phenoxy) is 1. The Hall–Kier alpha value is -3.15. The third-order valence-corrected chi connectivity index (χ3v) is 5.05. The SMILES string of the molecule is CCCCOC(=O)CCN1C(=O)N[C@@](Cc2ccccc2)(c2ccccc2)C1=O. The molecule has 29 heavy (non-hydrogen) atoms. The van der Waals surface area contributed by atoms with Crippen molar-refractivity contribution in [3.05, 3.63) is 71.8 Å². The molecule has 2 aromatic rings. The lowest BCUT2D eigenvalue weighted by atomic mass is 9.83. The van der Waals surface area contributed by atoms with Crippen LogP contribution in [0.1, 0.15) is 37.3 Å². The minimum Gasteiger partial charge on any atom is -0.466 e. The van der Waals surface area contributed by atoms with Gasteiger partial charge in [0, 0.05) is 13.0 Å². The number of hydrogen-bond acceptors (Lipinski definition) is 4. The van der Waals surface area contributed by atoms with Gasteiger partial charge >= 0.3 is 12.0 Å². The predicted molar refractivity (Wildman–Crippen MR) is 109 cm³/mol. The lowest BCUT2D eigenvalue weighted by Gasteiger charge is -2.27. The number of imide groups is 1. The first kappa shape index (κ1) is 20.6. The molecule has 3 amide bonds. The number of benzene rings is 2. The Bertz CT molecular complexity index is 854. The molecule has 1 aliphatic rings. The van der Waals surface area contributed by atoms with E-state index in [2.05, 4.69) is 5.32 Å². The number of esters is 1. The van der Waals surface area contributed by atoms with Crippen molar-refractivity contribution in [3.63, 3.8) is 0 Å². The summed E-state index contributed by atoms with van der Waals surface area (Å²) in [6, 6.07) is 18.3. The van der Waals surface area contributed by atoms with Crippen LogP contribution >= 0.6 is 0 Å². The Morgan fingerprint density at radius 3 is 2.34 bits per heavy atom. The fraction of sp³-hybridized carbons (Fsp3) is 0.348. The fourth-order valence-electron chi connectivity index (χ4n) is 3.48. The molecule has 1 atom stereocenters. The highest BCUT2D eigenvalue weighted by atomic mass is 16.5. The van der Waals surface area contributed by atoms with Gasteiger partial charge in [-0.2, -0.15) is 0 Å². The minimum atomic E-state index is -1.19. The smallest absolute Gasteiger partial charge is 0.325 e. The van der Waals surface area contributed by atoms with Crippen molar-refractivity contribution in [2.45, 2.75) is 38.1 Å². The summed E-state index contributed by atoms with van der Waals surface area (Å²) in [6.45, 7) is 2.37. The largest absolute Gasteiger partial charge is 0.466 e. The average molecular weight is 394 g/mol. The molecular formula is C23H26N2O4. The summed E-state index contributed by atoms with van der Waals surface area (Å²) >= 11 is 0. The van der Waals surface area contributed by atoms with Crippen molar-refractivity contribution in [1.82, 2.24) is 10.2 Å². The molecule has 0 aliphatic carbocycles. The van der Waals surface area contributed by atoms with Crippen LogP contribution in [0.5, 0.6) is 0 Å². The second-order valence-electron chi connectivity index (χ2n) is 7.14. The third kappa shape index (κ3) is 4.65. The van der Waals surface area contributed by atoms with Gasteiger partial charge in [-0.05, 0) is 17.5 Å². The summed E-state index contributed by atoms with van der Waals surface area (Å²) in [7, 11) is 0. The van der Waals surface area contributed by atoms with Crippen LogP contribution in [0.4, 0.5) is 4.79 Å². The van der Waals surface area contributed by atoms with Gasteiger partial charge in [-0.15, -0.1) is 0 Å². The van der Waals surface area contributed by atoms with Crippen molar-refractivity contribution in [2.24, 2.45) is 0 Å². The molecule has 0 bridgehead atoms. The van der Waals surface area contributed by atoms with Crippen LogP contribution < -0.4 is 5.32 Å². The molecule has 1 N–H and O–H groups in total. The van der Waals surface area contributed by atoms with Gasteiger partial charge in [-0.25, -0.2) is 4.79 Å². The van der Waals surface area contributed by atoms with Crippen LogP contribution in [-0.2, 0) is 26.3 Å². The average Bonchev–Trinajstić information content (AvgIpc) is 2.98. The Morgan fingerprint density at radius 2 is 1.69 bits per heavy atom. The van der Waals surface area contributed by atoms with Gasteiger partial charge in [0.25, 0.3) is 5.91 Å². The first-order chi connectivity index (χ1) is 14.1. The van der Waals surface area contributed by atoms with Crippen LogP contribution in [0, 0.1) is 0 Å². The molecule has 0 unspecified atom stereocenters. The second-order valence-corrected chi connectivity index (χ2v) is 7.14. The van der Waals surface area contributed by atoms with Gasteiger partial charge in [0.1, 0.15) is 0 Å². The molecule has 152 valence electrons. The van der Waals surface area contributed by atoms with Crippen molar-refractivity contribution in [1.29, 1.82) is 0 Å². The molecule has 0 aromatic heterocycles. The van der Waals surface area contributed by atoms with Crippen LogP contribution in [-0.4, -0.2) is 36.0 Å². The second kappa shape index (κ2) is 9.37.